The number of carbonyl (C=O) groups is 1. The topological polar surface area (TPSA) is 69.7 Å². The lowest BCUT2D eigenvalue weighted by atomic mass is 10.2. The van der Waals surface area contributed by atoms with Crippen molar-refractivity contribution in [3.05, 3.63) is 29.3 Å². The van der Waals surface area contributed by atoms with Gasteiger partial charge in [-0.2, -0.15) is 4.31 Å². The molecule has 0 aromatic heterocycles. The molecule has 140 valence electrons. The van der Waals surface area contributed by atoms with Gasteiger partial charge in [0.1, 0.15) is 4.90 Å². The molecule has 8 heteroatoms. The maximum absolute atomic E-state index is 12.7. The average Bonchev–Trinajstić information content (AvgIpc) is 2.55. The van der Waals surface area contributed by atoms with Crippen molar-refractivity contribution in [1.82, 2.24) is 14.5 Å². The van der Waals surface area contributed by atoms with E-state index in [-0.39, 0.29) is 21.9 Å². The normalized spacial score (nSPS) is 18.0. The Morgan fingerprint density at radius 2 is 1.88 bits per heavy atom. The second-order valence-corrected chi connectivity index (χ2v) is 8.68. The van der Waals surface area contributed by atoms with Gasteiger partial charge in [0.25, 0.3) is 0 Å². The highest BCUT2D eigenvalue weighted by molar-refractivity contribution is 7.89. The zero-order valence-electron chi connectivity index (χ0n) is 14.7. The fourth-order valence-corrected chi connectivity index (χ4v) is 4.87. The molecular formula is C17H26ClN3O3S. The molecule has 0 radical (unpaired) electrons. The first-order valence-electron chi connectivity index (χ1n) is 8.61. The second-order valence-electron chi connectivity index (χ2n) is 6.37. The molecule has 1 heterocycles. The summed E-state index contributed by atoms with van der Waals surface area (Å²) in [6.45, 7) is 6.14. The lowest BCUT2D eigenvalue weighted by Crippen LogP contribution is -2.51. The summed E-state index contributed by atoms with van der Waals surface area (Å²) in [5.74, 6) is -0.0108. The molecule has 1 aliphatic heterocycles. The molecule has 1 saturated heterocycles. The lowest BCUT2D eigenvalue weighted by Gasteiger charge is -2.33. The zero-order chi connectivity index (χ0) is 18.4. The van der Waals surface area contributed by atoms with Crippen LogP contribution in [0, 0.1) is 0 Å². The summed E-state index contributed by atoms with van der Waals surface area (Å²) in [6.07, 6.45) is 1.98. The van der Waals surface area contributed by atoms with Crippen molar-refractivity contribution in [3.63, 3.8) is 0 Å². The number of halogens is 1. The van der Waals surface area contributed by atoms with Crippen molar-refractivity contribution in [3.8, 4) is 0 Å². The van der Waals surface area contributed by atoms with Gasteiger partial charge in [-0.15, -0.1) is 0 Å². The van der Waals surface area contributed by atoms with E-state index >= 15 is 0 Å². The molecule has 1 unspecified atom stereocenters. The molecule has 0 spiro atoms. The molecule has 0 aliphatic carbocycles. The number of benzene rings is 1. The fourth-order valence-electron chi connectivity index (χ4n) is 2.95. The van der Waals surface area contributed by atoms with Crippen molar-refractivity contribution in [2.24, 2.45) is 0 Å². The molecule has 0 bridgehead atoms. The molecule has 2 rings (SSSR count). The molecule has 0 saturated carbocycles. The molecule has 1 aromatic rings. The van der Waals surface area contributed by atoms with Crippen molar-refractivity contribution >= 4 is 27.5 Å². The molecule has 1 aliphatic rings. The van der Waals surface area contributed by atoms with E-state index in [2.05, 4.69) is 12.2 Å². The molecule has 1 aromatic carbocycles. The zero-order valence-corrected chi connectivity index (χ0v) is 16.3. The Kier molecular flexibility index (Phi) is 7.25. The van der Waals surface area contributed by atoms with Crippen LogP contribution in [0.25, 0.3) is 0 Å². The predicted molar refractivity (Wildman–Crippen MR) is 99.2 cm³/mol. The van der Waals surface area contributed by atoms with Gasteiger partial charge in [0.05, 0.1) is 11.6 Å². The molecular weight excluding hydrogens is 362 g/mol. The van der Waals surface area contributed by atoms with Crippen molar-refractivity contribution in [2.45, 2.75) is 37.6 Å². The number of nitrogens with zero attached hydrogens (tertiary/aromatic N) is 2. The molecule has 1 N–H and O–H groups in total. The van der Waals surface area contributed by atoms with E-state index in [0.29, 0.717) is 32.7 Å². The van der Waals surface area contributed by atoms with Gasteiger partial charge in [0, 0.05) is 32.2 Å². The van der Waals surface area contributed by atoms with E-state index in [0.717, 1.165) is 12.8 Å². The van der Waals surface area contributed by atoms with Gasteiger partial charge in [0.15, 0.2) is 0 Å². The van der Waals surface area contributed by atoms with Gasteiger partial charge in [0.2, 0.25) is 15.9 Å². The molecule has 25 heavy (non-hydrogen) atoms. The van der Waals surface area contributed by atoms with Crippen LogP contribution in [-0.2, 0) is 14.8 Å². The maximum Gasteiger partial charge on any atom is 0.244 e. The minimum Gasteiger partial charge on any atom is -0.353 e. The van der Waals surface area contributed by atoms with Crippen LogP contribution >= 0.6 is 11.6 Å². The summed E-state index contributed by atoms with van der Waals surface area (Å²) in [7, 11) is -3.60. The Bertz CT molecular complexity index is 688. The predicted octanol–water partition coefficient (Wildman–Crippen LogP) is 1.95. The maximum atomic E-state index is 12.7. The first-order valence-corrected chi connectivity index (χ1v) is 10.4. The Labute approximate surface area is 155 Å². The summed E-state index contributed by atoms with van der Waals surface area (Å²) in [5.41, 5.74) is 0. The summed E-state index contributed by atoms with van der Waals surface area (Å²) >= 11 is 6.03. The van der Waals surface area contributed by atoms with Crippen LogP contribution in [0.2, 0.25) is 5.02 Å². The number of carbonyl (C=O) groups excluding carboxylic acids is 1. The minimum absolute atomic E-state index is 0.0108. The Morgan fingerprint density at radius 1 is 1.24 bits per heavy atom. The van der Waals surface area contributed by atoms with Crippen LogP contribution in [0.1, 0.15) is 26.7 Å². The van der Waals surface area contributed by atoms with Crippen LogP contribution in [0.5, 0.6) is 0 Å². The second kappa shape index (κ2) is 8.98. The first kappa shape index (κ1) is 20.2. The summed E-state index contributed by atoms with van der Waals surface area (Å²) in [5, 5.41) is 3.20. The first-order chi connectivity index (χ1) is 11.8. The number of hydrogen-bond acceptors (Lipinski definition) is 4. The van der Waals surface area contributed by atoms with E-state index in [1.165, 1.54) is 10.4 Å². The number of hydrogen-bond donors (Lipinski definition) is 1. The Morgan fingerprint density at radius 3 is 2.48 bits per heavy atom. The third-order valence-corrected chi connectivity index (χ3v) is 6.68. The molecule has 6 nitrogen and oxygen atoms in total. The van der Waals surface area contributed by atoms with Crippen molar-refractivity contribution in [1.29, 1.82) is 0 Å². The SMILES string of the molecule is CCCC(C)NC(=O)CN1CCN(S(=O)(=O)c2ccccc2Cl)CC1. The fraction of sp³-hybridized carbons (Fsp3) is 0.588. The molecule has 1 amide bonds. The van der Waals surface area contributed by atoms with E-state index in [9.17, 15) is 13.2 Å². The van der Waals surface area contributed by atoms with Crippen LogP contribution in [0.3, 0.4) is 0 Å². The third-order valence-electron chi connectivity index (χ3n) is 4.28. The van der Waals surface area contributed by atoms with E-state index in [4.69, 9.17) is 11.6 Å². The highest BCUT2D eigenvalue weighted by Gasteiger charge is 2.30. The number of amides is 1. The number of nitrogens with one attached hydrogen (secondary N) is 1. The van der Waals surface area contributed by atoms with E-state index < -0.39 is 10.0 Å². The van der Waals surface area contributed by atoms with E-state index in [1.807, 2.05) is 11.8 Å². The monoisotopic (exact) mass is 387 g/mol. The molecule has 1 atom stereocenters. The van der Waals surface area contributed by atoms with Gasteiger partial charge >= 0.3 is 0 Å². The van der Waals surface area contributed by atoms with Crippen molar-refractivity contribution < 1.29 is 13.2 Å². The van der Waals surface area contributed by atoms with Crippen LogP contribution in [0.15, 0.2) is 29.2 Å². The number of piperazine rings is 1. The largest absolute Gasteiger partial charge is 0.353 e. The lowest BCUT2D eigenvalue weighted by molar-refractivity contribution is -0.123. The van der Waals surface area contributed by atoms with Gasteiger partial charge < -0.3 is 5.32 Å². The van der Waals surface area contributed by atoms with Crippen LogP contribution < -0.4 is 5.32 Å². The van der Waals surface area contributed by atoms with Crippen molar-refractivity contribution in [2.75, 3.05) is 32.7 Å². The quantitative estimate of drug-likeness (QED) is 0.776. The highest BCUT2D eigenvalue weighted by Crippen LogP contribution is 2.24. The Hall–Kier alpha value is -1.15. The summed E-state index contributed by atoms with van der Waals surface area (Å²) < 4.78 is 26.8. The summed E-state index contributed by atoms with van der Waals surface area (Å²) in [4.78, 5) is 14.2. The highest BCUT2D eigenvalue weighted by atomic mass is 35.5. The number of rotatable bonds is 7. The van der Waals surface area contributed by atoms with Crippen LogP contribution in [-0.4, -0.2) is 62.3 Å². The van der Waals surface area contributed by atoms with E-state index in [1.54, 1.807) is 18.2 Å². The van der Waals surface area contributed by atoms with Gasteiger partial charge in [-0.05, 0) is 25.5 Å². The van der Waals surface area contributed by atoms with Gasteiger partial charge in [-0.3, -0.25) is 9.69 Å². The number of sulfonamides is 1. The van der Waals surface area contributed by atoms with Gasteiger partial charge in [-0.25, -0.2) is 8.42 Å². The standard InChI is InChI=1S/C17H26ClN3O3S/c1-3-6-14(2)19-17(22)13-20-9-11-21(12-10-20)25(23,24)16-8-5-4-7-15(16)18/h4-5,7-8,14H,3,6,9-13H2,1-2H3,(H,19,22). The molecule has 1 fully saturated rings. The summed E-state index contributed by atoms with van der Waals surface area (Å²) in [6, 6.07) is 6.63. The Balaban J connectivity index is 1.89. The smallest absolute Gasteiger partial charge is 0.244 e. The average molecular weight is 388 g/mol. The minimum atomic E-state index is -3.60. The third kappa shape index (κ3) is 5.41. The van der Waals surface area contributed by atoms with Crippen LogP contribution in [0.4, 0.5) is 0 Å². The van der Waals surface area contributed by atoms with Gasteiger partial charge in [-0.1, -0.05) is 37.1 Å².